The van der Waals surface area contributed by atoms with E-state index in [0.717, 1.165) is 24.8 Å². The summed E-state index contributed by atoms with van der Waals surface area (Å²) in [6.07, 6.45) is 2.05. The van der Waals surface area contributed by atoms with Gasteiger partial charge in [-0.2, -0.15) is 0 Å². The molecule has 1 atom stereocenters. The molecule has 104 valence electrons. The Bertz CT molecular complexity index is 608. The van der Waals surface area contributed by atoms with E-state index in [-0.39, 0.29) is 11.2 Å². The average Bonchev–Trinajstić information content (AvgIpc) is 2.42. The predicted molar refractivity (Wildman–Crippen MR) is 81.0 cm³/mol. The monoisotopic (exact) mass is 334 g/mol. The van der Waals surface area contributed by atoms with Crippen molar-refractivity contribution >= 4 is 15.9 Å². The highest BCUT2D eigenvalue weighted by Crippen LogP contribution is 2.52. The Hall–Kier alpha value is -1.19. The van der Waals surface area contributed by atoms with Gasteiger partial charge in [-0.05, 0) is 40.4 Å². The molecule has 0 radical (unpaired) electrons. The number of aliphatic hydroxyl groups is 1. The third-order valence-electron chi connectivity index (χ3n) is 4.39. The smallest absolute Gasteiger partial charge is 0.143 e. The highest BCUT2D eigenvalue weighted by molar-refractivity contribution is 9.10. The molecule has 0 aliphatic heterocycles. The normalized spacial score (nSPS) is 18.4. The molecule has 1 fully saturated rings. The van der Waals surface area contributed by atoms with Crippen LogP contribution in [0.3, 0.4) is 0 Å². The number of rotatable bonds is 3. The van der Waals surface area contributed by atoms with E-state index in [1.54, 1.807) is 18.2 Å². The van der Waals surface area contributed by atoms with Crippen LogP contribution in [0.15, 0.2) is 53.0 Å². The lowest BCUT2D eigenvalue weighted by Gasteiger charge is -2.46. The van der Waals surface area contributed by atoms with Crippen LogP contribution in [-0.4, -0.2) is 5.11 Å². The first-order valence-corrected chi connectivity index (χ1v) is 7.62. The predicted octanol–water partition coefficient (Wildman–Crippen LogP) is 4.74. The molecule has 0 spiro atoms. The van der Waals surface area contributed by atoms with Gasteiger partial charge in [-0.1, -0.05) is 48.9 Å². The summed E-state index contributed by atoms with van der Waals surface area (Å²) in [6.45, 7) is 0. The maximum absolute atomic E-state index is 14.3. The molecular weight excluding hydrogens is 319 g/mol. The zero-order valence-corrected chi connectivity index (χ0v) is 12.6. The lowest BCUT2D eigenvalue weighted by molar-refractivity contribution is 0.0243. The Kier molecular flexibility index (Phi) is 3.65. The second-order valence-electron chi connectivity index (χ2n) is 5.42. The number of halogens is 2. The molecule has 3 heteroatoms. The van der Waals surface area contributed by atoms with Crippen LogP contribution in [-0.2, 0) is 5.41 Å². The van der Waals surface area contributed by atoms with Crippen LogP contribution in [0.1, 0.15) is 36.5 Å². The van der Waals surface area contributed by atoms with Gasteiger partial charge in [0.05, 0.1) is 10.6 Å². The van der Waals surface area contributed by atoms with Crippen LogP contribution in [0.5, 0.6) is 0 Å². The molecule has 1 unspecified atom stereocenters. The van der Waals surface area contributed by atoms with E-state index in [4.69, 9.17) is 0 Å². The fourth-order valence-corrected chi connectivity index (χ4v) is 3.46. The van der Waals surface area contributed by atoms with Crippen LogP contribution in [0, 0.1) is 5.82 Å². The van der Waals surface area contributed by atoms with Gasteiger partial charge in [-0.15, -0.1) is 0 Å². The van der Waals surface area contributed by atoms with E-state index >= 15 is 0 Å². The first kappa shape index (κ1) is 13.8. The minimum Gasteiger partial charge on any atom is -0.387 e. The van der Waals surface area contributed by atoms with Crippen molar-refractivity contribution in [3.05, 3.63) is 69.9 Å². The van der Waals surface area contributed by atoms with Crippen molar-refractivity contribution in [3.8, 4) is 0 Å². The molecule has 0 amide bonds. The van der Waals surface area contributed by atoms with Gasteiger partial charge < -0.3 is 5.11 Å². The van der Waals surface area contributed by atoms with E-state index in [2.05, 4.69) is 15.9 Å². The van der Waals surface area contributed by atoms with Crippen molar-refractivity contribution in [1.29, 1.82) is 0 Å². The lowest BCUT2D eigenvalue weighted by atomic mass is 9.60. The van der Waals surface area contributed by atoms with Gasteiger partial charge >= 0.3 is 0 Å². The minimum absolute atomic E-state index is 0.344. The average molecular weight is 335 g/mol. The fourth-order valence-electron chi connectivity index (χ4n) is 3.08. The second kappa shape index (κ2) is 5.30. The standard InChI is InChI=1S/C17H16BrFO/c18-14-9-4-8-13(15(14)19)16(20)17(10-5-11-17)12-6-2-1-3-7-12/h1-4,6-9,16,20H,5,10-11H2. The first-order chi connectivity index (χ1) is 9.65. The molecule has 0 saturated heterocycles. The summed E-state index contributed by atoms with van der Waals surface area (Å²) in [4.78, 5) is 0. The summed E-state index contributed by atoms with van der Waals surface area (Å²) in [7, 11) is 0. The van der Waals surface area contributed by atoms with Gasteiger partial charge in [-0.25, -0.2) is 4.39 Å². The molecule has 0 aromatic heterocycles. The highest BCUT2D eigenvalue weighted by atomic mass is 79.9. The maximum Gasteiger partial charge on any atom is 0.143 e. The number of hydrogen-bond acceptors (Lipinski definition) is 1. The van der Waals surface area contributed by atoms with Gasteiger partial charge in [0.1, 0.15) is 5.82 Å². The van der Waals surface area contributed by atoms with Crippen molar-refractivity contribution in [3.63, 3.8) is 0 Å². The molecule has 0 bridgehead atoms. The SMILES string of the molecule is OC(c1cccc(Br)c1F)C1(c2ccccc2)CCC1. The Labute approximate surface area is 126 Å². The largest absolute Gasteiger partial charge is 0.387 e. The van der Waals surface area contributed by atoms with Gasteiger partial charge in [0.25, 0.3) is 0 Å². The highest BCUT2D eigenvalue weighted by Gasteiger charge is 2.46. The molecular formula is C17H16BrFO. The number of hydrogen-bond donors (Lipinski definition) is 1. The Morgan fingerprint density at radius 1 is 1.05 bits per heavy atom. The summed E-state index contributed by atoms with van der Waals surface area (Å²) in [6, 6.07) is 15.1. The summed E-state index contributed by atoms with van der Waals surface area (Å²) in [5, 5.41) is 10.8. The van der Waals surface area contributed by atoms with E-state index in [1.165, 1.54) is 0 Å². The van der Waals surface area contributed by atoms with E-state index in [9.17, 15) is 9.50 Å². The van der Waals surface area contributed by atoms with Gasteiger partial charge in [0.2, 0.25) is 0 Å². The topological polar surface area (TPSA) is 20.2 Å². The van der Waals surface area contributed by atoms with Crippen LogP contribution in [0.25, 0.3) is 0 Å². The molecule has 1 N–H and O–H groups in total. The summed E-state index contributed by atoms with van der Waals surface area (Å²) < 4.78 is 14.7. The Morgan fingerprint density at radius 2 is 1.75 bits per heavy atom. The van der Waals surface area contributed by atoms with Crippen molar-refractivity contribution in [2.24, 2.45) is 0 Å². The Balaban J connectivity index is 2.04. The second-order valence-corrected chi connectivity index (χ2v) is 6.28. The number of benzene rings is 2. The molecule has 2 aromatic rings. The molecule has 1 aliphatic carbocycles. The van der Waals surface area contributed by atoms with Crippen molar-refractivity contribution < 1.29 is 9.50 Å². The molecule has 1 nitrogen and oxygen atoms in total. The molecule has 0 heterocycles. The third-order valence-corrected chi connectivity index (χ3v) is 5.01. The molecule has 1 aliphatic rings. The van der Waals surface area contributed by atoms with Gasteiger partial charge in [0, 0.05) is 11.0 Å². The molecule has 20 heavy (non-hydrogen) atoms. The van der Waals surface area contributed by atoms with Crippen LogP contribution >= 0.6 is 15.9 Å². The lowest BCUT2D eigenvalue weighted by Crippen LogP contribution is -2.40. The Morgan fingerprint density at radius 3 is 2.35 bits per heavy atom. The molecule has 1 saturated carbocycles. The summed E-state index contributed by atoms with van der Waals surface area (Å²) in [5.74, 6) is -0.359. The molecule has 2 aromatic carbocycles. The van der Waals surface area contributed by atoms with Crippen LogP contribution < -0.4 is 0 Å². The maximum atomic E-state index is 14.3. The summed E-state index contributed by atoms with van der Waals surface area (Å²) >= 11 is 3.19. The first-order valence-electron chi connectivity index (χ1n) is 6.83. The van der Waals surface area contributed by atoms with Gasteiger partial charge in [-0.3, -0.25) is 0 Å². The summed E-state index contributed by atoms with van der Waals surface area (Å²) in [5.41, 5.74) is 1.13. The minimum atomic E-state index is -0.809. The fraction of sp³-hybridized carbons (Fsp3) is 0.294. The van der Waals surface area contributed by atoms with E-state index < -0.39 is 6.10 Å². The van der Waals surface area contributed by atoms with Crippen molar-refractivity contribution in [2.45, 2.75) is 30.8 Å². The van der Waals surface area contributed by atoms with Crippen molar-refractivity contribution in [1.82, 2.24) is 0 Å². The molecule has 3 rings (SSSR count). The zero-order valence-electron chi connectivity index (χ0n) is 11.0. The van der Waals surface area contributed by atoms with Gasteiger partial charge in [0.15, 0.2) is 0 Å². The zero-order chi connectivity index (χ0) is 14.2. The number of aliphatic hydroxyl groups excluding tert-OH is 1. The van der Waals surface area contributed by atoms with E-state index in [0.29, 0.717) is 10.0 Å². The third kappa shape index (κ3) is 2.09. The van der Waals surface area contributed by atoms with Crippen LogP contribution in [0.2, 0.25) is 0 Å². The van der Waals surface area contributed by atoms with E-state index in [1.807, 2.05) is 30.3 Å². The van der Waals surface area contributed by atoms with Crippen LogP contribution in [0.4, 0.5) is 4.39 Å². The quantitative estimate of drug-likeness (QED) is 0.859. The van der Waals surface area contributed by atoms with Crippen molar-refractivity contribution in [2.75, 3.05) is 0 Å².